The normalized spacial score (nSPS) is 49.4. The molecule has 222 valence electrons. The Labute approximate surface area is 254 Å². The molecule has 0 aromatic rings. The number of aliphatic hydroxyl groups is 6. The number of hydrogen-bond donors (Lipinski definition) is 6. The van der Waals surface area contributed by atoms with Gasteiger partial charge in [-0.15, -0.1) is 0 Å². The van der Waals surface area contributed by atoms with Crippen molar-refractivity contribution in [1.29, 1.82) is 0 Å². The molecule has 0 aliphatic heterocycles. The first-order valence-corrected chi connectivity index (χ1v) is 15.5. The Morgan fingerprint density at radius 2 is 1.56 bits per heavy atom. The molecular weight excluding hydrogens is 539 g/mol. The van der Waals surface area contributed by atoms with Gasteiger partial charge < -0.3 is 35.2 Å². The van der Waals surface area contributed by atoms with Crippen LogP contribution in [0.2, 0.25) is 0 Å². The predicted octanol–water partition coefficient (Wildman–Crippen LogP) is -2.07. The Bertz CT molecular complexity index is 982. The third-order valence-electron chi connectivity index (χ3n) is 11.5. The van der Waals surface area contributed by atoms with Crippen LogP contribution in [0.3, 0.4) is 0 Å². The first-order valence-electron chi connectivity index (χ1n) is 14.2. The zero-order chi connectivity index (χ0) is 28.6. The largest absolute Gasteiger partial charge is 1.00 e. The maximum Gasteiger partial charge on any atom is 1.00 e. The Balaban J connectivity index is 0.00000420. The summed E-state index contributed by atoms with van der Waals surface area (Å²) in [4.78, 5) is 0. The molecule has 4 rings (SSSR count). The van der Waals surface area contributed by atoms with Crippen LogP contribution >= 0.6 is 0 Å². The van der Waals surface area contributed by atoms with Crippen LogP contribution in [-0.4, -0.2) is 85.8 Å². The van der Waals surface area contributed by atoms with Crippen LogP contribution in [0.1, 0.15) is 79.6 Å². The van der Waals surface area contributed by atoms with Gasteiger partial charge in [-0.1, -0.05) is 34.6 Å². The molecule has 0 aromatic carbocycles. The second-order valence-electron chi connectivity index (χ2n) is 13.8. The van der Waals surface area contributed by atoms with E-state index in [1.165, 1.54) is 0 Å². The number of aliphatic hydroxyl groups excluding tert-OH is 5. The van der Waals surface area contributed by atoms with E-state index in [9.17, 15) is 43.6 Å². The van der Waals surface area contributed by atoms with Crippen LogP contribution in [0, 0.1) is 46.3 Å². The van der Waals surface area contributed by atoms with E-state index in [2.05, 4.69) is 6.92 Å². The average molecular weight is 587 g/mol. The van der Waals surface area contributed by atoms with Gasteiger partial charge in [-0.3, -0.25) is 4.18 Å². The van der Waals surface area contributed by atoms with Crippen LogP contribution in [0.15, 0.2) is 0 Å². The monoisotopic (exact) mass is 586 g/mol. The van der Waals surface area contributed by atoms with Gasteiger partial charge in [0.1, 0.15) is 17.8 Å². The Morgan fingerprint density at radius 1 is 0.974 bits per heavy atom. The smallest absolute Gasteiger partial charge is 0.726 e. The maximum absolute atomic E-state index is 12.5. The van der Waals surface area contributed by atoms with Gasteiger partial charge in [0.15, 0.2) is 0 Å². The van der Waals surface area contributed by atoms with Gasteiger partial charge in [0.05, 0.1) is 24.4 Å². The summed E-state index contributed by atoms with van der Waals surface area (Å²) < 4.78 is 40.2. The molecule has 12 heteroatoms. The third kappa shape index (κ3) is 5.55. The van der Waals surface area contributed by atoms with Gasteiger partial charge >= 0.3 is 29.6 Å². The zero-order valence-corrected chi connectivity index (χ0v) is 26.9. The summed E-state index contributed by atoms with van der Waals surface area (Å²) in [5.74, 6) is -2.35. The number of fused-ring (bicyclic) bond motifs is 5. The van der Waals surface area contributed by atoms with Crippen molar-refractivity contribution in [2.45, 2.75) is 122 Å². The average Bonchev–Trinajstić information content (AvgIpc) is 3.08. The van der Waals surface area contributed by atoms with Crippen LogP contribution in [0.5, 0.6) is 0 Å². The van der Waals surface area contributed by atoms with E-state index < -0.39 is 81.2 Å². The van der Waals surface area contributed by atoms with E-state index >= 15 is 0 Å². The molecule has 0 saturated heterocycles. The topological polar surface area (TPSA) is 188 Å². The summed E-state index contributed by atoms with van der Waals surface area (Å²) in [5, 5.41) is 67.4. The molecule has 4 aliphatic carbocycles. The Hall–Kier alpha value is 0.630. The van der Waals surface area contributed by atoms with Crippen molar-refractivity contribution < 1.29 is 77.4 Å². The van der Waals surface area contributed by atoms with Gasteiger partial charge in [-0.05, 0) is 79.4 Å². The molecule has 6 N–H and O–H groups in total. The molecule has 0 amide bonds. The first-order chi connectivity index (χ1) is 17.4. The fourth-order valence-electron chi connectivity index (χ4n) is 9.62. The number of rotatable bonds is 7. The van der Waals surface area contributed by atoms with Gasteiger partial charge in [-0.25, -0.2) is 8.42 Å². The van der Waals surface area contributed by atoms with Crippen LogP contribution in [0.25, 0.3) is 0 Å². The fourth-order valence-corrected chi connectivity index (χ4v) is 10.1. The fraction of sp³-hybridized carbons (Fsp3) is 1.00. The molecule has 0 spiro atoms. The van der Waals surface area contributed by atoms with Crippen molar-refractivity contribution in [3.63, 3.8) is 0 Å². The molecule has 14 atom stereocenters. The minimum atomic E-state index is -5.34. The predicted molar refractivity (Wildman–Crippen MR) is 136 cm³/mol. The van der Waals surface area contributed by atoms with E-state index in [-0.39, 0.29) is 53.7 Å². The van der Waals surface area contributed by atoms with Crippen molar-refractivity contribution in [3.8, 4) is 0 Å². The Kier molecular flexibility index (Phi) is 10.2. The van der Waals surface area contributed by atoms with E-state index in [1.807, 2.05) is 20.8 Å². The van der Waals surface area contributed by atoms with Crippen molar-refractivity contribution in [2.24, 2.45) is 46.3 Å². The van der Waals surface area contributed by atoms with Crippen LogP contribution < -0.4 is 29.6 Å². The summed E-state index contributed by atoms with van der Waals surface area (Å²) >= 11 is 0. The minimum Gasteiger partial charge on any atom is -0.726 e. The quantitative estimate of drug-likeness (QED) is 0.110. The summed E-state index contributed by atoms with van der Waals surface area (Å²) in [6.45, 7) is 9.80. The van der Waals surface area contributed by atoms with Crippen molar-refractivity contribution in [3.05, 3.63) is 0 Å². The molecule has 0 heterocycles. The summed E-state index contributed by atoms with van der Waals surface area (Å²) in [6.07, 6.45) is -4.40. The molecule has 0 radical (unpaired) electrons. The molecule has 10 nitrogen and oxygen atoms in total. The van der Waals surface area contributed by atoms with Crippen molar-refractivity contribution in [2.75, 3.05) is 0 Å². The van der Waals surface area contributed by atoms with Gasteiger partial charge in [0.2, 0.25) is 10.4 Å². The summed E-state index contributed by atoms with van der Waals surface area (Å²) in [7, 11) is -5.34. The second kappa shape index (κ2) is 11.6. The van der Waals surface area contributed by atoms with Crippen molar-refractivity contribution >= 4 is 10.4 Å². The van der Waals surface area contributed by atoms with E-state index in [1.54, 1.807) is 6.92 Å². The van der Waals surface area contributed by atoms with Crippen LogP contribution in [0.4, 0.5) is 0 Å². The van der Waals surface area contributed by atoms with Crippen LogP contribution in [-0.2, 0) is 14.6 Å². The molecule has 4 saturated carbocycles. The van der Waals surface area contributed by atoms with Gasteiger partial charge in [0, 0.05) is 11.8 Å². The first kappa shape index (κ1) is 34.1. The van der Waals surface area contributed by atoms with Gasteiger partial charge in [0.25, 0.3) is 0 Å². The van der Waals surface area contributed by atoms with E-state index in [0.717, 1.165) is 6.42 Å². The molecule has 0 bridgehead atoms. The molecule has 0 aromatic heterocycles. The molecule has 4 fully saturated rings. The van der Waals surface area contributed by atoms with Gasteiger partial charge in [-0.2, -0.15) is 0 Å². The minimum absolute atomic E-state index is 0. The van der Waals surface area contributed by atoms with E-state index in [0.29, 0.717) is 32.1 Å². The molecular formula is C27H47NaO10S. The SMILES string of the molecule is CC(C)[C@@H](O)CC[C@@H](C)C1C[C@@H](O)C2C3(O)C(CC[C@]12C)[C@@]1(C)CC[C@H](O)[C@H](O)C1[C@@H](OS(=O)(=O)[O-])[C@H]3O.[Na+]. The molecule has 5 unspecified atom stereocenters. The molecule has 39 heavy (non-hydrogen) atoms. The standard InChI is InChI=1S/C27H48O10S.Na/c1-13(2)16(28)7-6-14(3)15-12-18(30)23-25(15,4)11-9-19-26(5)10-8-17(29)21(31)20(26)22(37-38(34,35)36)24(32)27(19,23)33;/h13-24,28-33H,6-12H2,1-5H3,(H,34,35,36);/q;+1/p-1/t14-,15?,16+,17+,18-,19?,20?,21+,22-,23?,24-,25-,26-,27?;/m1./s1. The second-order valence-corrected chi connectivity index (χ2v) is 14.8. The zero-order valence-electron chi connectivity index (χ0n) is 24.1. The Morgan fingerprint density at radius 3 is 2.13 bits per heavy atom. The summed E-state index contributed by atoms with van der Waals surface area (Å²) in [5.41, 5.74) is -3.56. The summed E-state index contributed by atoms with van der Waals surface area (Å²) in [6, 6.07) is 0. The maximum atomic E-state index is 12.5. The third-order valence-corrected chi connectivity index (χ3v) is 12.0. The molecule has 4 aliphatic rings. The van der Waals surface area contributed by atoms with Crippen molar-refractivity contribution in [1.82, 2.24) is 0 Å². The number of hydrogen-bond acceptors (Lipinski definition) is 10. The van der Waals surface area contributed by atoms with E-state index in [4.69, 9.17) is 4.18 Å².